The molecule has 0 saturated heterocycles. The molecule has 0 aliphatic carbocycles. The van der Waals surface area contributed by atoms with E-state index in [1.54, 1.807) is 0 Å². The molecule has 4 N–H and O–H groups in total. The van der Waals surface area contributed by atoms with Crippen molar-refractivity contribution in [2.24, 2.45) is 5.84 Å². The van der Waals surface area contributed by atoms with Crippen LogP contribution in [0.4, 0.5) is 11.4 Å². The van der Waals surface area contributed by atoms with Crippen LogP contribution >= 0.6 is 0 Å². The molecule has 0 aromatic heterocycles. The van der Waals surface area contributed by atoms with Crippen molar-refractivity contribution in [1.82, 2.24) is 0 Å². The summed E-state index contributed by atoms with van der Waals surface area (Å²) in [4.78, 5) is 9.40. The number of benzene rings is 1. The molecule has 9 heteroatoms. The fourth-order valence-corrected chi connectivity index (χ4v) is 1.91. The average Bonchev–Trinajstić information content (AvgIpc) is 2.15. The molecule has 0 radical (unpaired) electrons. The minimum Gasteiger partial charge on any atom is -0.323 e. The lowest BCUT2D eigenvalue weighted by Gasteiger charge is -2.07. The Kier molecular flexibility index (Phi) is 3.12. The number of rotatable bonds is 3. The van der Waals surface area contributed by atoms with Crippen molar-refractivity contribution in [2.75, 3.05) is 5.43 Å². The van der Waals surface area contributed by atoms with E-state index in [1.807, 2.05) is 5.43 Å². The average molecular weight is 247 g/mol. The third kappa shape index (κ3) is 2.27. The number of hydrogen-bond acceptors (Lipinski definition) is 6. The molecule has 8 nitrogen and oxygen atoms in total. The van der Waals surface area contributed by atoms with E-state index in [0.717, 1.165) is 12.1 Å². The summed E-state index contributed by atoms with van der Waals surface area (Å²) in [5.41, 5.74) is 1.56. The summed E-state index contributed by atoms with van der Waals surface area (Å²) >= 11 is 0. The van der Waals surface area contributed by atoms with Crippen molar-refractivity contribution in [2.45, 2.75) is 11.8 Å². The number of nitro benzene ring substituents is 1. The quantitative estimate of drug-likeness (QED) is 0.305. The van der Waals surface area contributed by atoms with Gasteiger partial charge in [0, 0.05) is 11.6 Å². The van der Waals surface area contributed by atoms with Gasteiger partial charge in [-0.05, 0) is 13.0 Å². The van der Waals surface area contributed by atoms with Crippen molar-refractivity contribution < 1.29 is 17.9 Å². The maximum Gasteiger partial charge on any atom is 0.296 e. The van der Waals surface area contributed by atoms with E-state index >= 15 is 0 Å². The van der Waals surface area contributed by atoms with Gasteiger partial charge in [-0.2, -0.15) is 8.42 Å². The number of nitrogen functional groups attached to an aromatic ring is 1. The van der Waals surface area contributed by atoms with Crippen LogP contribution in [-0.4, -0.2) is 17.9 Å². The first kappa shape index (κ1) is 12.4. The second-order valence-corrected chi connectivity index (χ2v) is 4.40. The molecule has 0 aliphatic rings. The zero-order valence-corrected chi connectivity index (χ0v) is 8.98. The van der Waals surface area contributed by atoms with Crippen LogP contribution in [0.5, 0.6) is 0 Å². The first-order valence-corrected chi connectivity index (χ1v) is 5.44. The number of nitrogens with one attached hydrogen (secondary N) is 1. The highest BCUT2D eigenvalue weighted by atomic mass is 32.2. The van der Waals surface area contributed by atoms with E-state index in [4.69, 9.17) is 10.4 Å². The Morgan fingerprint density at radius 1 is 1.50 bits per heavy atom. The lowest BCUT2D eigenvalue weighted by molar-refractivity contribution is -0.385. The molecule has 1 rings (SSSR count). The normalized spacial score (nSPS) is 11.2. The van der Waals surface area contributed by atoms with Gasteiger partial charge >= 0.3 is 0 Å². The molecule has 1 aromatic carbocycles. The van der Waals surface area contributed by atoms with E-state index in [1.165, 1.54) is 6.92 Å². The van der Waals surface area contributed by atoms with Crippen molar-refractivity contribution in [3.63, 3.8) is 0 Å². The van der Waals surface area contributed by atoms with Crippen LogP contribution in [0.2, 0.25) is 0 Å². The van der Waals surface area contributed by atoms with Crippen LogP contribution in [0.1, 0.15) is 5.56 Å². The van der Waals surface area contributed by atoms with Crippen LogP contribution in [0.25, 0.3) is 0 Å². The van der Waals surface area contributed by atoms with Gasteiger partial charge < -0.3 is 5.43 Å². The molecule has 0 fully saturated rings. The van der Waals surface area contributed by atoms with Crippen LogP contribution in [0.3, 0.4) is 0 Å². The number of hydrazine groups is 1. The molecule has 0 heterocycles. The minimum atomic E-state index is -4.48. The van der Waals surface area contributed by atoms with Crippen LogP contribution in [0, 0.1) is 17.0 Å². The second-order valence-electron chi connectivity index (χ2n) is 3.01. The van der Waals surface area contributed by atoms with E-state index in [2.05, 4.69) is 0 Å². The lowest BCUT2D eigenvalue weighted by atomic mass is 10.2. The van der Waals surface area contributed by atoms with Gasteiger partial charge in [0.2, 0.25) is 0 Å². The van der Waals surface area contributed by atoms with E-state index in [0.29, 0.717) is 0 Å². The van der Waals surface area contributed by atoms with E-state index in [-0.39, 0.29) is 16.9 Å². The van der Waals surface area contributed by atoms with Gasteiger partial charge in [-0.3, -0.25) is 20.5 Å². The molecule has 0 unspecified atom stereocenters. The van der Waals surface area contributed by atoms with Gasteiger partial charge in [-0.25, -0.2) is 0 Å². The van der Waals surface area contributed by atoms with Crippen molar-refractivity contribution in [3.05, 3.63) is 27.8 Å². The standard InChI is InChI=1S/C7H9N3O5S/c1-4-2-7(16(13,14)15)5(9-8)3-6(4)10(11)12/h2-3,9H,8H2,1H3,(H,13,14,15). The molecular formula is C7H9N3O5S. The van der Waals surface area contributed by atoms with Gasteiger partial charge in [-0.1, -0.05) is 0 Å². The highest BCUT2D eigenvalue weighted by Crippen LogP contribution is 2.29. The maximum atomic E-state index is 10.9. The summed E-state index contributed by atoms with van der Waals surface area (Å²) < 4.78 is 30.7. The fraction of sp³-hybridized carbons (Fsp3) is 0.143. The third-order valence-corrected chi connectivity index (χ3v) is 2.82. The molecule has 0 bridgehead atoms. The molecule has 0 atom stereocenters. The number of nitrogens with two attached hydrogens (primary N) is 1. The highest BCUT2D eigenvalue weighted by Gasteiger charge is 2.21. The molecule has 0 saturated carbocycles. The zero-order chi connectivity index (χ0) is 12.5. The number of aryl methyl sites for hydroxylation is 1. The highest BCUT2D eigenvalue weighted by molar-refractivity contribution is 7.86. The van der Waals surface area contributed by atoms with Gasteiger partial charge in [-0.15, -0.1) is 0 Å². The lowest BCUT2D eigenvalue weighted by Crippen LogP contribution is -2.12. The summed E-state index contributed by atoms with van der Waals surface area (Å²) in [7, 11) is -4.48. The first-order chi connectivity index (χ1) is 7.27. The number of nitrogens with zero attached hydrogens (tertiary/aromatic N) is 1. The van der Waals surface area contributed by atoms with Crippen molar-refractivity contribution in [1.29, 1.82) is 0 Å². The summed E-state index contributed by atoms with van der Waals surface area (Å²) in [5.74, 6) is 5.02. The Morgan fingerprint density at radius 3 is 2.44 bits per heavy atom. The first-order valence-electron chi connectivity index (χ1n) is 4.00. The minimum absolute atomic E-state index is 0.108. The molecule has 88 valence electrons. The molecular weight excluding hydrogens is 238 g/mol. The Labute approximate surface area is 90.9 Å². The van der Waals surface area contributed by atoms with E-state index in [9.17, 15) is 18.5 Å². The van der Waals surface area contributed by atoms with Crippen LogP contribution in [-0.2, 0) is 10.1 Å². The summed E-state index contributed by atoms with van der Waals surface area (Å²) in [6.45, 7) is 1.35. The van der Waals surface area contributed by atoms with Crippen molar-refractivity contribution >= 4 is 21.5 Å². The maximum absolute atomic E-state index is 10.9. The van der Waals surface area contributed by atoms with Gasteiger partial charge in [0.05, 0.1) is 10.6 Å². The molecule has 0 amide bonds. The number of nitro groups is 1. The van der Waals surface area contributed by atoms with Gasteiger partial charge in [0.15, 0.2) is 0 Å². The van der Waals surface area contributed by atoms with Crippen LogP contribution < -0.4 is 11.3 Å². The smallest absolute Gasteiger partial charge is 0.296 e. The number of anilines is 1. The van der Waals surface area contributed by atoms with Crippen molar-refractivity contribution in [3.8, 4) is 0 Å². The molecule has 0 spiro atoms. The topological polar surface area (TPSA) is 136 Å². The Balaban J connectivity index is 3.57. The summed E-state index contributed by atoms with van der Waals surface area (Å²) in [5, 5.41) is 10.6. The van der Waals surface area contributed by atoms with Crippen LogP contribution in [0.15, 0.2) is 17.0 Å². The summed E-state index contributed by atoms with van der Waals surface area (Å²) in [6, 6.07) is 1.92. The second kappa shape index (κ2) is 4.04. The number of hydrogen-bond donors (Lipinski definition) is 3. The fourth-order valence-electron chi connectivity index (χ4n) is 1.19. The Hall–Kier alpha value is -1.71. The largest absolute Gasteiger partial charge is 0.323 e. The summed E-state index contributed by atoms with van der Waals surface area (Å²) in [6.07, 6.45) is 0. The zero-order valence-electron chi connectivity index (χ0n) is 8.17. The van der Waals surface area contributed by atoms with E-state index < -0.39 is 19.9 Å². The third-order valence-electron chi connectivity index (χ3n) is 1.93. The Bertz CT molecular complexity index is 539. The van der Waals surface area contributed by atoms with Gasteiger partial charge in [0.25, 0.3) is 15.8 Å². The predicted molar refractivity (Wildman–Crippen MR) is 55.5 cm³/mol. The Morgan fingerprint density at radius 2 is 2.06 bits per heavy atom. The predicted octanol–water partition coefficient (Wildman–Crippen LogP) is 0.436. The molecule has 0 aliphatic heterocycles. The SMILES string of the molecule is Cc1cc(S(=O)(=O)O)c(NN)cc1[N+](=O)[O-]. The molecule has 1 aromatic rings. The monoisotopic (exact) mass is 247 g/mol. The van der Waals surface area contributed by atoms with Gasteiger partial charge in [0.1, 0.15) is 4.90 Å². The molecule has 16 heavy (non-hydrogen) atoms.